The van der Waals surface area contributed by atoms with Gasteiger partial charge in [-0.25, -0.2) is 0 Å². The molecular formula is C23H22N4O3. The minimum absolute atomic E-state index is 0.227. The van der Waals surface area contributed by atoms with Crippen LogP contribution < -0.4 is 15.8 Å². The molecule has 7 nitrogen and oxygen atoms in total. The molecule has 3 aromatic carbocycles. The number of nitrogen functional groups attached to an aromatic ring is 1. The van der Waals surface area contributed by atoms with Gasteiger partial charge in [-0.15, -0.1) is 0 Å². The molecular weight excluding hydrogens is 380 g/mol. The first kappa shape index (κ1) is 19.5. The van der Waals surface area contributed by atoms with Gasteiger partial charge in [0.25, 0.3) is 5.91 Å². The summed E-state index contributed by atoms with van der Waals surface area (Å²) in [7, 11) is 1.58. The van der Waals surface area contributed by atoms with Gasteiger partial charge in [-0.1, -0.05) is 30.3 Å². The number of methoxy groups -OCH3 is 1. The second-order valence-corrected chi connectivity index (χ2v) is 6.94. The zero-order valence-corrected chi connectivity index (χ0v) is 16.4. The molecule has 4 rings (SSSR count). The van der Waals surface area contributed by atoms with Crippen molar-refractivity contribution in [2.24, 2.45) is 0 Å². The number of aliphatic hydroxyl groups is 1. The Bertz CT molecular complexity index is 1200. The minimum atomic E-state index is -0.543. The molecule has 1 heterocycles. The summed E-state index contributed by atoms with van der Waals surface area (Å²) < 4.78 is 5.23. The fraction of sp³-hybridized carbons (Fsp3) is 0.130. The highest BCUT2D eigenvalue weighted by molar-refractivity contribution is 5.97. The van der Waals surface area contributed by atoms with Gasteiger partial charge in [-0.3, -0.25) is 9.89 Å². The van der Waals surface area contributed by atoms with Crippen LogP contribution in [0, 0.1) is 0 Å². The van der Waals surface area contributed by atoms with Gasteiger partial charge in [0.15, 0.2) is 5.82 Å². The third-order valence-corrected chi connectivity index (χ3v) is 5.03. The number of benzene rings is 3. The second-order valence-electron chi connectivity index (χ2n) is 6.94. The van der Waals surface area contributed by atoms with Gasteiger partial charge in [0.2, 0.25) is 0 Å². The van der Waals surface area contributed by atoms with Gasteiger partial charge in [-0.2, -0.15) is 5.10 Å². The maximum atomic E-state index is 12.9. The van der Waals surface area contributed by atoms with Gasteiger partial charge in [0.05, 0.1) is 25.3 Å². The number of hydrogen-bond donors (Lipinski definition) is 4. The largest absolute Gasteiger partial charge is 0.497 e. The van der Waals surface area contributed by atoms with Crippen LogP contribution >= 0.6 is 0 Å². The minimum Gasteiger partial charge on any atom is -0.497 e. The van der Waals surface area contributed by atoms with Crippen LogP contribution in [-0.2, 0) is 0 Å². The Labute approximate surface area is 173 Å². The topological polar surface area (TPSA) is 113 Å². The number of hydrogen-bond acceptors (Lipinski definition) is 5. The fourth-order valence-electron chi connectivity index (χ4n) is 3.39. The van der Waals surface area contributed by atoms with Crippen LogP contribution in [0.1, 0.15) is 22.0 Å². The van der Waals surface area contributed by atoms with Crippen molar-refractivity contribution >= 4 is 22.6 Å². The van der Waals surface area contributed by atoms with Crippen LogP contribution in [0.25, 0.3) is 22.0 Å². The number of nitrogens with two attached hydrogens (primary N) is 1. The summed E-state index contributed by atoms with van der Waals surface area (Å²) in [6.07, 6.45) is 0. The third kappa shape index (κ3) is 3.83. The average Bonchev–Trinajstić information content (AvgIpc) is 3.17. The number of nitrogens with one attached hydrogen (secondary N) is 2. The third-order valence-electron chi connectivity index (χ3n) is 5.03. The van der Waals surface area contributed by atoms with E-state index < -0.39 is 6.04 Å². The zero-order chi connectivity index (χ0) is 21.1. The number of fused-ring (bicyclic) bond motifs is 1. The summed E-state index contributed by atoms with van der Waals surface area (Å²) >= 11 is 0. The number of aliphatic hydroxyl groups excluding tert-OH is 1. The number of aromatic nitrogens is 2. The van der Waals surface area contributed by atoms with Gasteiger partial charge in [-0.05, 0) is 53.1 Å². The molecule has 0 radical (unpaired) electrons. The number of amides is 1. The highest BCUT2D eigenvalue weighted by Crippen LogP contribution is 2.27. The highest BCUT2D eigenvalue weighted by Gasteiger charge is 2.16. The number of aromatic amines is 1. The van der Waals surface area contributed by atoms with E-state index in [1.807, 2.05) is 54.6 Å². The first-order valence-electron chi connectivity index (χ1n) is 9.48. The van der Waals surface area contributed by atoms with Gasteiger partial charge in [0, 0.05) is 10.9 Å². The number of carbonyl (C=O) groups is 1. The number of H-pyrrole nitrogens is 1. The molecule has 0 aliphatic rings. The van der Waals surface area contributed by atoms with Crippen LogP contribution in [0.4, 0.5) is 5.82 Å². The molecule has 1 unspecified atom stereocenters. The van der Waals surface area contributed by atoms with E-state index in [1.54, 1.807) is 19.2 Å². The Kier molecular flexibility index (Phi) is 5.36. The molecule has 1 aromatic heterocycles. The lowest BCUT2D eigenvalue weighted by atomic mass is 10.0. The maximum Gasteiger partial charge on any atom is 0.251 e. The van der Waals surface area contributed by atoms with E-state index >= 15 is 0 Å². The van der Waals surface area contributed by atoms with E-state index in [9.17, 15) is 9.90 Å². The predicted octanol–water partition coefficient (Wildman–Crippen LogP) is 3.28. The van der Waals surface area contributed by atoms with Crippen molar-refractivity contribution < 1.29 is 14.6 Å². The molecule has 0 saturated carbocycles. The van der Waals surface area contributed by atoms with E-state index in [0.29, 0.717) is 17.1 Å². The molecule has 7 heteroatoms. The molecule has 30 heavy (non-hydrogen) atoms. The lowest BCUT2D eigenvalue weighted by Gasteiger charge is -2.18. The fourth-order valence-corrected chi connectivity index (χ4v) is 3.39. The Hall–Kier alpha value is -3.84. The summed E-state index contributed by atoms with van der Waals surface area (Å²) in [6.45, 7) is -0.227. The van der Waals surface area contributed by atoms with Crippen LogP contribution in [0.2, 0.25) is 0 Å². The van der Waals surface area contributed by atoms with Crippen LogP contribution in [0.15, 0.2) is 66.7 Å². The van der Waals surface area contributed by atoms with E-state index in [1.165, 1.54) is 0 Å². The lowest BCUT2D eigenvalue weighted by Crippen LogP contribution is -2.30. The Morgan fingerprint density at radius 3 is 2.73 bits per heavy atom. The van der Waals surface area contributed by atoms with Crippen molar-refractivity contribution in [3.05, 3.63) is 77.9 Å². The van der Waals surface area contributed by atoms with Crippen molar-refractivity contribution in [3.8, 4) is 16.9 Å². The summed E-state index contributed by atoms with van der Waals surface area (Å²) in [5.41, 5.74) is 9.83. The molecule has 1 atom stereocenters. The number of anilines is 1. The van der Waals surface area contributed by atoms with Gasteiger partial charge < -0.3 is 20.9 Å². The highest BCUT2D eigenvalue weighted by atomic mass is 16.5. The van der Waals surface area contributed by atoms with Crippen LogP contribution in [0.5, 0.6) is 5.75 Å². The van der Waals surface area contributed by atoms with Gasteiger partial charge >= 0.3 is 0 Å². The first-order valence-corrected chi connectivity index (χ1v) is 9.48. The summed E-state index contributed by atoms with van der Waals surface area (Å²) in [4.78, 5) is 12.9. The SMILES string of the molecule is COc1cccc(C(CO)NC(=O)c2cccc(-c3ccc4[nH]nc(N)c4c3)c2)c1. The van der Waals surface area contributed by atoms with Crippen LogP contribution in [0.3, 0.4) is 0 Å². The molecule has 152 valence electrons. The molecule has 1 amide bonds. The van der Waals surface area contributed by atoms with Crippen molar-refractivity contribution in [2.75, 3.05) is 19.5 Å². The number of nitrogens with zero attached hydrogens (tertiary/aromatic N) is 1. The summed E-state index contributed by atoms with van der Waals surface area (Å²) in [6, 6.07) is 19.8. The predicted molar refractivity (Wildman–Crippen MR) is 116 cm³/mol. The Morgan fingerprint density at radius 1 is 1.13 bits per heavy atom. The molecule has 0 bridgehead atoms. The number of rotatable bonds is 6. The Balaban J connectivity index is 1.59. The van der Waals surface area contributed by atoms with Crippen LogP contribution in [-0.4, -0.2) is 34.9 Å². The van der Waals surface area contributed by atoms with E-state index in [-0.39, 0.29) is 12.5 Å². The monoisotopic (exact) mass is 402 g/mol. The van der Waals surface area contributed by atoms with Gasteiger partial charge in [0.1, 0.15) is 5.75 Å². The smallest absolute Gasteiger partial charge is 0.251 e. The normalized spacial score (nSPS) is 11.9. The first-order chi connectivity index (χ1) is 14.6. The second kappa shape index (κ2) is 8.26. The quantitative estimate of drug-likeness (QED) is 0.395. The van der Waals surface area contributed by atoms with Crippen molar-refractivity contribution in [3.63, 3.8) is 0 Å². The number of carbonyl (C=O) groups excluding carboxylic acids is 1. The maximum absolute atomic E-state index is 12.9. The van der Waals surface area contributed by atoms with Crippen molar-refractivity contribution in [2.45, 2.75) is 6.04 Å². The van der Waals surface area contributed by atoms with E-state index in [0.717, 1.165) is 27.6 Å². The summed E-state index contributed by atoms with van der Waals surface area (Å²) in [5.74, 6) is 0.823. The molecule has 4 aromatic rings. The Morgan fingerprint density at radius 2 is 1.93 bits per heavy atom. The molecule has 0 saturated heterocycles. The zero-order valence-electron chi connectivity index (χ0n) is 16.4. The molecule has 0 aliphatic carbocycles. The van der Waals surface area contributed by atoms with E-state index in [2.05, 4.69) is 15.5 Å². The molecule has 5 N–H and O–H groups in total. The molecule has 0 spiro atoms. The number of ether oxygens (including phenoxy) is 1. The summed E-state index contributed by atoms with van der Waals surface area (Å²) in [5, 5.41) is 20.4. The van der Waals surface area contributed by atoms with E-state index in [4.69, 9.17) is 10.5 Å². The molecule has 0 fully saturated rings. The lowest BCUT2D eigenvalue weighted by molar-refractivity contribution is 0.0916. The van der Waals surface area contributed by atoms with Crippen molar-refractivity contribution in [1.29, 1.82) is 0 Å². The van der Waals surface area contributed by atoms with Crippen molar-refractivity contribution in [1.82, 2.24) is 15.5 Å². The standard InChI is InChI=1S/C23H22N4O3/c1-30-18-7-3-5-16(11-18)21(13-28)25-23(29)17-6-2-4-14(10-17)15-8-9-20-19(12-15)22(24)27-26-20/h2-12,21,28H,13H2,1H3,(H,25,29)(H3,24,26,27). The average molecular weight is 402 g/mol. The molecule has 0 aliphatic heterocycles.